The Morgan fingerprint density at radius 2 is 2.14 bits per heavy atom. The van der Waals surface area contributed by atoms with E-state index in [1.807, 2.05) is 18.2 Å². The number of amides is 1. The number of nitrogens with one attached hydrogen (secondary N) is 1. The summed E-state index contributed by atoms with van der Waals surface area (Å²) in [5, 5.41) is 2.90. The number of carbonyl (C=O) groups is 1. The number of nitrogens with zero attached hydrogens (tertiary/aromatic N) is 1. The number of benzene rings is 1. The second-order valence-corrected chi connectivity index (χ2v) is 5.97. The highest BCUT2D eigenvalue weighted by molar-refractivity contribution is 5.91. The summed E-state index contributed by atoms with van der Waals surface area (Å²) in [7, 11) is 0. The van der Waals surface area contributed by atoms with E-state index < -0.39 is 0 Å². The molecule has 0 saturated carbocycles. The van der Waals surface area contributed by atoms with Crippen molar-refractivity contribution in [1.29, 1.82) is 0 Å². The number of piperidine rings is 1. The fourth-order valence-electron chi connectivity index (χ4n) is 2.92. The van der Waals surface area contributed by atoms with Crippen LogP contribution in [0.3, 0.4) is 0 Å². The maximum Gasteiger partial charge on any atom is 0.224 e. The number of hydrogen-bond donors (Lipinski definition) is 2. The van der Waals surface area contributed by atoms with Crippen LogP contribution in [-0.4, -0.2) is 30.4 Å². The van der Waals surface area contributed by atoms with E-state index in [0.29, 0.717) is 12.1 Å². The monoisotopic (exact) mass is 289 g/mol. The maximum atomic E-state index is 11.9. The predicted octanol–water partition coefficient (Wildman–Crippen LogP) is 3.11. The van der Waals surface area contributed by atoms with Crippen LogP contribution >= 0.6 is 0 Å². The fourth-order valence-corrected chi connectivity index (χ4v) is 2.92. The van der Waals surface area contributed by atoms with Crippen LogP contribution in [0.15, 0.2) is 24.3 Å². The lowest BCUT2D eigenvalue weighted by molar-refractivity contribution is -0.116. The summed E-state index contributed by atoms with van der Waals surface area (Å²) < 4.78 is 0. The van der Waals surface area contributed by atoms with E-state index in [4.69, 9.17) is 5.73 Å². The first-order valence-corrected chi connectivity index (χ1v) is 8.05. The summed E-state index contributed by atoms with van der Waals surface area (Å²) in [5.41, 5.74) is 7.15. The van der Waals surface area contributed by atoms with Gasteiger partial charge in [0.2, 0.25) is 5.91 Å². The van der Waals surface area contributed by atoms with Crippen LogP contribution in [0, 0.1) is 5.92 Å². The van der Waals surface area contributed by atoms with Gasteiger partial charge < -0.3 is 16.0 Å². The number of nitrogens with two attached hydrogens (primary N) is 1. The van der Waals surface area contributed by atoms with Gasteiger partial charge in [0.1, 0.15) is 0 Å². The van der Waals surface area contributed by atoms with E-state index in [1.54, 1.807) is 6.07 Å². The minimum Gasteiger partial charge on any atom is -0.399 e. The van der Waals surface area contributed by atoms with Crippen molar-refractivity contribution in [1.82, 2.24) is 4.90 Å². The molecule has 1 aromatic rings. The summed E-state index contributed by atoms with van der Waals surface area (Å²) in [5.74, 6) is 0.983. The van der Waals surface area contributed by atoms with Gasteiger partial charge in [0.15, 0.2) is 0 Å². The Kier molecular flexibility index (Phi) is 6.05. The highest BCUT2D eigenvalue weighted by atomic mass is 16.1. The summed E-state index contributed by atoms with van der Waals surface area (Å²) >= 11 is 0. The number of likely N-dealkylation sites (tertiary alicyclic amines) is 1. The van der Waals surface area contributed by atoms with E-state index in [0.717, 1.165) is 24.6 Å². The molecular formula is C17H27N3O. The number of carbonyl (C=O) groups excluding carboxylic acids is 1. The normalized spacial score (nSPS) is 16.8. The molecule has 4 nitrogen and oxygen atoms in total. The summed E-state index contributed by atoms with van der Waals surface area (Å²) in [6.07, 6.45) is 5.42. The molecule has 0 spiro atoms. The first-order valence-electron chi connectivity index (χ1n) is 8.05. The summed E-state index contributed by atoms with van der Waals surface area (Å²) in [6.45, 7) is 5.69. The average Bonchev–Trinajstić information content (AvgIpc) is 2.48. The Bertz CT molecular complexity index is 453. The van der Waals surface area contributed by atoms with Crippen molar-refractivity contribution in [3.63, 3.8) is 0 Å². The van der Waals surface area contributed by atoms with E-state index in [9.17, 15) is 4.79 Å². The Morgan fingerprint density at radius 1 is 1.38 bits per heavy atom. The van der Waals surface area contributed by atoms with Gasteiger partial charge in [0.05, 0.1) is 0 Å². The number of rotatable bonds is 6. The molecule has 1 aliphatic heterocycles. The Balaban J connectivity index is 1.63. The number of hydrogen-bond acceptors (Lipinski definition) is 3. The van der Waals surface area contributed by atoms with Gasteiger partial charge in [-0.3, -0.25) is 4.79 Å². The van der Waals surface area contributed by atoms with Gasteiger partial charge in [0, 0.05) is 17.8 Å². The summed E-state index contributed by atoms with van der Waals surface area (Å²) in [6, 6.07) is 7.32. The molecule has 3 N–H and O–H groups in total. The molecule has 0 aliphatic carbocycles. The maximum absolute atomic E-state index is 11.9. The van der Waals surface area contributed by atoms with Crippen LogP contribution in [-0.2, 0) is 4.79 Å². The Morgan fingerprint density at radius 3 is 2.81 bits per heavy atom. The molecule has 0 atom stereocenters. The van der Waals surface area contributed by atoms with Gasteiger partial charge in [-0.25, -0.2) is 0 Å². The average molecular weight is 289 g/mol. The molecule has 116 valence electrons. The van der Waals surface area contributed by atoms with E-state index >= 15 is 0 Å². The molecule has 0 unspecified atom stereocenters. The zero-order valence-electron chi connectivity index (χ0n) is 13.0. The van der Waals surface area contributed by atoms with Crippen LogP contribution in [0.1, 0.15) is 39.0 Å². The van der Waals surface area contributed by atoms with Crippen molar-refractivity contribution in [2.45, 2.75) is 39.0 Å². The van der Waals surface area contributed by atoms with Gasteiger partial charge in [0.25, 0.3) is 0 Å². The molecule has 1 amide bonds. The molecule has 2 rings (SSSR count). The van der Waals surface area contributed by atoms with Crippen molar-refractivity contribution in [3.05, 3.63) is 24.3 Å². The molecule has 0 aromatic heterocycles. The second kappa shape index (κ2) is 8.03. The lowest BCUT2D eigenvalue weighted by Crippen LogP contribution is -2.34. The Labute approximate surface area is 127 Å². The molecule has 0 radical (unpaired) electrons. The van der Waals surface area contributed by atoms with Crippen molar-refractivity contribution >= 4 is 17.3 Å². The van der Waals surface area contributed by atoms with Gasteiger partial charge in [-0.2, -0.15) is 0 Å². The molecule has 1 aromatic carbocycles. The van der Waals surface area contributed by atoms with Crippen LogP contribution in [0.5, 0.6) is 0 Å². The molecule has 1 fully saturated rings. The minimum atomic E-state index is 0.0732. The first kappa shape index (κ1) is 15.8. The van der Waals surface area contributed by atoms with E-state index in [2.05, 4.69) is 17.1 Å². The van der Waals surface area contributed by atoms with Gasteiger partial charge in [-0.05, 0) is 63.0 Å². The van der Waals surface area contributed by atoms with Crippen LogP contribution in [0.4, 0.5) is 11.4 Å². The van der Waals surface area contributed by atoms with Crippen molar-refractivity contribution in [2.24, 2.45) is 5.92 Å². The number of nitrogen functional groups attached to an aromatic ring is 1. The standard InChI is InChI=1S/C17H27N3O/c1-2-14-8-11-20(12-9-14)10-4-7-17(21)19-16-6-3-5-15(18)13-16/h3,5-6,13-14H,2,4,7-12,18H2,1H3,(H,19,21). The van der Waals surface area contributed by atoms with Crippen molar-refractivity contribution in [2.75, 3.05) is 30.7 Å². The Hall–Kier alpha value is -1.55. The van der Waals surface area contributed by atoms with E-state index in [1.165, 1.54) is 32.4 Å². The lowest BCUT2D eigenvalue weighted by atomic mass is 9.94. The van der Waals surface area contributed by atoms with Crippen molar-refractivity contribution < 1.29 is 4.79 Å². The third kappa shape index (κ3) is 5.38. The molecule has 1 heterocycles. The second-order valence-electron chi connectivity index (χ2n) is 5.97. The van der Waals surface area contributed by atoms with E-state index in [-0.39, 0.29) is 5.91 Å². The van der Waals surface area contributed by atoms with Crippen LogP contribution in [0.25, 0.3) is 0 Å². The zero-order chi connectivity index (χ0) is 15.1. The summed E-state index contributed by atoms with van der Waals surface area (Å²) in [4.78, 5) is 14.4. The third-order valence-corrected chi connectivity index (χ3v) is 4.33. The van der Waals surface area contributed by atoms with Gasteiger partial charge in [-0.1, -0.05) is 19.4 Å². The minimum absolute atomic E-state index is 0.0732. The SMILES string of the molecule is CCC1CCN(CCCC(=O)Nc2cccc(N)c2)CC1. The third-order valence-electron chi connectivity index (χ3n) is 4.33. The highest BCUT2D eigenvalue weighted by Crippen LogP contribution is 2.20. The van der Waals surface area contributed by atoms with Crippen LogP contribution < -0.4 is 11.1 Å². The highest BCUT2D eigenvalue weighted by Gasteiger charge is 2.17. The molecular weight excluding hydrogens is 262 g/mol. The van der Waals surface area contributed by atoms with Gasteiger partial charge >= 0.3 is 0 Å². The smallest absolute Gasteiger partial charge is 0.224 e. The first-order chi connectivity index (χ1) is 10.2. The van der Waals surface area contributed by atoms with Crippen LogP contribution in [0.2, 0.25) is 0 Å². The lowest BCUT2D eigenvalue weighted by Gasteiger charge is -2.31. The molecule has 1 saturated heterocycles. The molecule has 21 heavy (non-hydrogen) atoms. The molecule has 0 bridgehead atoms. The fraction of sp³-hybridized carbons (Fsp3) is 0.588. The predicted molar refractivity (Wildman–Crippen MR) is 88.2 cm³/mol. The van der Waals surface area contributed by atoms with Gasteiger partial charge in [-0.15, -0.1) is 0 Å². The number of anilines is 2. The van der Waals surface area contributed by atoms with Crippen molar-refractivity contribution in [3.8, 4) is 0 Å². The quantitative estimate of drug-likeness (QED) is 0.791. The molecule has 1 aliphatic rings. The largest absolute Gasteiger partial charge is 0.399 e. The topological polar surface area (TPSA) is 58.4 Å². The molecule has 4 heteroatoms. The zero-order valence-corrected chi connectivity index (χ0v) is 13.0.